The Bertz CT molecular complexity index is 638. The molecule has 1 saturated heterocycles. The summed E-state index contributed by atoms with van der Waals surface area (Å²) in [5, 5.41) is 2.56. The molecule has 1 aromatic heterocycles. The predicted molar refractivity (Wildman–Crippen MR) is 83.1 cm³/mol. The number of aromatic nitrogens is 1. The van der Waals surface area contributed by atoms with Crippen LogP contribution in [0.25, 0.3) is 0 Å². The van der Waals surface area contributed by atoms with E-state index in [9.17, 15) is 4.79 Å². The second-order valence-electron chi connectivity index (χ2n) is 5.52. The molecule has 0 saturated carbocycles. The van der Waals surface area contributed by atoms with E-state index in [-0.39, 0.29) is 12.0 Å². The summed E-state index contributed by atoms with van der Waals surface area (Å²) in [5.41, 5.74) is 4.10. The van der Waals surface area contributed by atoms with Crippen molar-refractivity contribution in [3.05, 3.63) is 46.0 Å². The molecule has 2 aromatic rings. The molecule has 1 fully saturated rings. The summed E-state index contributed by atoms with van der Waals surface area (Å²) in [4.78, 5) is 18.5. The minimum absolute atomic E-state index is 0.0613. The molecule has 0 atom stereocenters. The number of aryl methyl sites for hydroxylation is 3. The molecule has 21 heavy (non-hydrogen) atoms. The second-order valence-corrected chi connectivity index (χ2v) is 6.38. The van der Waals surface area contributed by atoms with Gasteiger partial charge in [-0.15, -0.1) is 0 Å². The van der Waals surface area contributed by atoms with Crippen molar-refractivity contribution in [2.75, 3.05) is 13.1 Å². The molecule has 0 bridgehead atoms. The largest absolute Gasteiger partial charge is 0.463 e. The van der Waals surface area contributed by atoms with Gasteiger partial charge < -0.3 is 9.64 Å². The van der Waals surface area contributed by atoms with Crippen LogP contribution in [0.1, 0.15) is 27.0 Å². The predicted octanol–water partition coefficient (Wildman–Crippen LogP) is 2.97. The van der Waals surface area contributed by atoms with Gasteiger partial charge in [-0.25, -0.2) is 4.98 Å². The lowest BCUT2D eigenvalue weighted by Crippen LogP contribution is -2.56. The molecule has 0 aliphatic carbocycles. The normalized spacial score (nSPS) is 14.9. The lowest BCUT2D eigenvalue weighted by molar-refractivity contribution is 0.0176. The zero-order valence-electron chi connectivity index (χ0n) is 12.4. The summed E-state index contributed by atoms with van der Waals surface area (Å²) in [6.45, 7) is 7.30. The number of rotatable bonds is 3. The van der Waals surface area contributed by atoms with E-state index in [2.05, 4.69) is 24.0 Å². The van der Waals surface area contributed by atoms with E-state index in [4.69, 9.17) is 4.74 Å². The number of ether oxygens (including phenoxy) is 1. The monoisotopic (exact) mass is 302 g/mol. The Kier molecular flexibility index (Phi) is 3.68. The molecule has 3 rings (SSSR count). The van der Waals surface area contributed by atoms with Gasteiger partial charge in [0.25, 0.3) is 11.1 Å². The molecule has 0 unspecified atom stereocenters. The standard InChI is InChI=1S/C16H18N2O2S/c1-10-6-11(2)14(12(3)7-10)15(19)18-8-13(9-18)20-16-17-4-5-21-16/h4-7,13H,8-9H2,1-3H3. The van der Waals surface area contributed by atoms with Crippen molar-refractivity contribution < 1.29 is 9.53 Å². The molecule has 1 aliphatic heterocycles. The fraction of sp³-hybridized carbons (Fsp3) is 0.375. The van der Waals surface area contributed by atoms with Crippen LogP contribution in [-0.2, 0) is 0 Å². The van der Waals surface area contributed by atoms with Crippen molar-refractivity contribution in [1.29, 1.82) is 0 Å². The van der Waals surface area contributed by atoms with Crippen LogP contribution in [-0.4, -0.2) is 35.0 Å². The quantitative estimate of drug-likeness (QED) is 0.875. The van der Waals surface area contributed by atoms with Crippen LogP contribution >= 0.6 is 11.3 Å². The van der Waals surface area contributed by atoms with Crippen LogP contribution in [0.3, 0.4) is 0 Å². The minimum Gasteiger partial charge on any atom is -0.463 e. The molecule has 1 aliphatic rings. The highest BCUT2D eigenvalue weighted by Gasteiger charge is 2.34. The van der Waals surface area contributed by atoms with Crippen LogP contribution in [0, 0.1) is 20.8 Å². The Morgan fingerprint density at radius 3 is 2.52 bits per heavy atom. The van der Waals surface area contributed by atoms with Gasteiger partial charge in [0.2, 0.25) is 0 Å². The molecule has 0 N–H and O–H groups in total. The van der Waals surface area contributed by atoms with E-state index in [0.717, 1.165) is 16.7 Å². The van der Waals surface area contributed by atoms with E-state index < -0.39 is 0 Å². The van der Waals surface area contributed by atoms with Crippen LogP contribution in [0.15, 0.2) is 23.7 Å². The van der Waals surface area contributed by atoms with Crippen LogP contribution in [0.4, 0.5) is 0 Å². The number of amides is 1. The summed E-state index contributed by atoms with van der Waals surface area (Å²) in [6, 6.07) is 4.12. The maximum absolute atomic E-state index is 12.6. The molecule has 0 spiro atoms. The topological polar surface area (TPSA) is 42.4 Å². The first-order valence-corrected chi connectivity index (χ1v) is 7.86. The van der Waals surface area contributed by atoms with Crippen LogP contribution in [0.2, 0.25) is 0 Å². The highest BCUT2D eigenvalue weighted by atomic mass is 32.1. The van der Waals surface area contributed by atoms with E-state index in [1.54, 1.807) is 6.20 Å². The maximum atomic E-state index is 12.6. The molecule has 1 aromatic carbocycles. The van der Waals surface area contributed by atoms with E-state index >= 15 is 0 Å². The molecule has 1 amide bonds. The number of hydrogen-bond acceptors (Lipinski definition) is 4. The fourth-order valence-electron chi connectivity index (χ4n) is 2.77. The number of benzene rings is 1. The van der Waals surface area contributed by atoms with E-state index in [1.807, 2.05) is 24.1 Å². The van der Waals surface area contributed by atoms with E-state index in [0.29, 0.717) is 18.3 Å². The van der Waals surface area contributed by atoms with Crippen molar-refractivity contribution in [1.82, 2.24) is 9.88 Å². The van der Waals surface area contributed by atoms with Gasteiger partial charge in [0, 0.05) is 17.1 Å². The van der Waals surface area contributed by atoms with Crippen molar-refractivity contribution in [2.45, 2.75) is 26.9 Å². The van der Waals surface area contributed by atoms with Crippen LogP contribution in [0.5, 0.6) is 5.19 Å². The molecular formula is C16H18N2O2S. The number of thiazole rings is 1. The average Bonchev–Trinajstić information content (AvgIpc) is 2.84. The molecule has 5 heteroatoms. The first-order chi connectivity index (χ1) is 10.0. The molecule has 4 nitrogen and oxygen atoms in total. The van der Waals surface area contributed by atoms with Gasteiger partial charge in [-0.05, 0) is 31.9 Å². The fourth-order valence-corrected chi connectivity index (χ4v) is 3.32. The van der Waals surface area contributed by atoms with Gasteiger partial charge in [-0.3, -0.25) is 4.79 Å². The van der Waals surface area contributed by atoms with E-state index in [1.165, 1.54) is 16.9 Å². The lowest BCUT2D eigenvalue weighted by atomic mass is 9.97. The van der Waals surface area contributed by atoms with Crippen molar-refractivity contribution in [2.24, 2.45) is 0 Å². The summed E-state index contributed by atoms with van der Waals surface area (Å²) in [5.74, 6) is 0.101. The Morgan fingerprint density at radius 1 is 1.29 bits per heavy atom. The third-order valence-electron chi connectivity index (χ3n) is 3.70. The number of nitrogens with zero attached hydrogens (tertiary/aromatic N) is 2. The molecule has 2 heterocycles. The summed E-state index contributed by atoms with van der Waals surface area (Å²) < 4.78 is 5.70. The van der Waals surface area contributed by atoms with Crippen LogP contribution < -0.4 is 4.74 Å². The maximum Gasteiger partial charge on any atom is 0.273 e. The Morgan fingerprint density at radius 2 is 1.95 bits per heavy atom. The zero-order valence-corrected chi connectivity index (χ0v) is 13.2. The Labute approximate surface area is 128 Å². The first kappa shape index (κ1) is 14.1. The number of carbonyl (C=O) groups excluding carboxylic acids is 1. The number of likely N-dealkylation sites (tertiary alicyclic amines) is 1. The number of carbonyl (C=O) groups is 1. The first-order valence-electron chi connectivity index (χ1n) is 6.98. The van der Waals surface area contributed by atoms with Gasteiger partial charge in [0.15, 0.2) is 0 Å². The van der Waals surface area contributed by atoms with Gasteiger partial charge in [0.1, 0.15) is 6.10 Å². The number of hydrogen-bond donors (Lipinski definition) is 0. The van der Waals surface area contributed by atoms with Crippen molar-refractivity contribution in [3.63, 3.8) is 0 Å². The molecular weight excluding hydrogens is 284 g/mol. The SMILES string of the molecule is Cc1cc(C)c(C(=O)N2CC(Oc3nccs3)C2)c(C)c1. The third kappa shape index (κ3) is 2.78. The highest BCUT2D eigenvalue weighted by molar-refractivity contribution is 7.11. The smallest absolute Gasteiger partial charge is 0.273 e. The Hall–Kier alpha value is -1.88. The third-order valence-corrected chi connectivity index (χ3v) is 4.36. The van der Waals surface area contributed by atoms with Gasteiger partial charge >= 0.3 is 0 Å². The van der Waals surface area contributed by atoms with Gasteiger partial charge in [-0.2, -0.15) is 0 Å². The summed E-state index contributed by atoms with van der Waals surface area (Å²) >= 11 is 1.48. The minimum atomic E-state index is 0.0613. The van der Waals surface area contributed by atoms with Crippen molar-refractivity contribution in [3.8, 4) is 5.19 Å². The lowest BCUT2D eigenvalue weighted by Gasteiger charge is -2.38. The molecule has 0 radical (unpaired) electrons. The zero-order chi connectivity index (χ0) is 15.0. The average molecular weight is 302 g/mol. The van der Waals surface area contributed by atoms with Crippen molar-refractivity contribution >= 4 is 17.2 Å². The molecule has 110 valence electrons. The summed E-state index contributed by atoms with van der Waals surface area (Å²) in [7, 11) is 0. The second kappa shape index (κ2) is 5.48. The summed E-state index contributed by atoms with van der Waals surface area (Å²) in [6.07, 6.45) is 1.78. The Balaban J connectivity index is 1.66. The van der Waals surface area contributed by atoms with Gasteiger partial charge in [-0.1, -0.05) is 29.0 Å². The highest BCUT2D eigenvalue weighted by Crippen LogP contribution is 2.24. The van der Waals surface area contributed by atoms with Gasteiger partial charge in [0.05, 0.1) is 13.1 Å².